The number of fused-ring (bicyclic) bond motifs is 2. The molecule has 2 bridgehead atoms. The molecule has 2 atom stereocenters. The van der Waals surface area contributed by atoms with Gasteiger partial charge in [0.2, 0.25) is 0 Å². The number of nitrogens with zero attached hydrogens (tertiary/aromatic N) is 1. The molecule has 0 radical (unpaired) electrons. The number of Topliss-reactive ketones (excluding diaryl/α,β-unsaturated/α-hetero) is 1. The maximum absolute atomic E-state index is 13.2. The number of halogens is 6. The highest BCUT2D eigenvalue weighted by molar-refractivity contribution is 5.81. The number of alkyl halides is 6. The van der Waals surface area contributed by atoms with Crippen LogP contribution in [-0.4, -0.2) is 22.8 Å². The van der Waals surface area contributed by atoms with Crippen LogP contribution in [0.4, 0.5) is 26.3 Å². The fourth-order valence-corrected chi connectivity index (χ4v) is 3.67. The molecular formula is C16H15F6NO. The van der Waals surface area contributed by atoms with Crippen LogP contribution < -0.4 is 0 Å². The van der Waals surface area contributed by atoms with Gasteiger partial charge in [0.05, 0.1) is 11.1 Å². The molecule has 2 nitrogen and oxygen atoms in total. The molecular weight excluding hydrogens is 336 g/mol. The Kier molecular flexibility index (Phi) is 4.14. The molecule has 2 aliphatic heterocycles. The van der Waals surface area contributed by atoms with Gasteiger partial charge in [-0.3, -0.25) is 9.69 Å². The van der Waals surface area contributed by atoms with Gasteiger partial charge in [-0.15, -0.1) is 0 Å². The summed E-state index contributed by atoms with van der Waals surface area (Å²) in [5, 5.41) is 0. The van der Waals surface area contributed by atoms with Crippen LogP contribution in [0.25, 0.3) is 0 Å². The lowest BCUT2D eigenvalue weighted by atomic mass is 9.98. The second-order valence-electron chi connectivity index (χ2n) is 6.37. The lowest BCUT2D eigenvalue weighted by Crippen LogP contribution is -2.42. The molecule has 0 saturated carbocycles. The van der Waals surface area contributed by atoms with Crippen molar-refractivity contribution in [1.82, 2.24) is 4.90 Å². The quantitative estimate of drug-likeness (QED) is 0.735. The maximum atomic E-state index is 13.2. The van der Waals surface area contributed by atoms with Crippen LogP contribution in [0.15, 0.2) is 18.2 Å². The Labute approximate surface area is 134 Å². The van der Waals surface area contributed by atoms with Gasteiger partial charge in [0.1, 0.15) is 5.78 Å². The Morgan fingerprint density at radius 3 is 2.04 bits per heavy atom. The molecule has 132 valence electrons. The van der Waals surface area contributed by atoms with Gasteiger partial charge in [-0.05, 0) is 30.5 Å². The minimum Gasteiger partial charge on any atom is -0.300 e. The summed E-state index contributed by atoms with van der Waals surface area (Å²) in [6.45, 7) is -0.0877. The molecule has 0 N–H and O–H groups in total. The second-order valence-corrected chi connectivity index (χ2v) is 6.37. The van der Waals surface area contributed by atoms with Crippen LogP contribution in [0.3, 0.4) is 0 Å². The Morgan fingerprint density at radius 1 is 0.958 bits per heavy atom. The van der Waals surface area contributed by atoms with Crippen molar-refractivity contribution in [2.24, 2.45) is 0 Å². The molecule has 2 saturated heterocycles. The predicted octanol–water partition coefficient (Wildman–Crippen LogP) is 4.42. The second kappa shape index (κ2) is 5.75. The highest BCUT2D eigenvalue weighted by Crippen LogP contribution is 2.40. The van der Waals surface area contributed by atoms with Crippen LogP contribution in [0.5, 0.6) is 0 Å². The highest BCUT2D eigenvalue weighted by Gasteiger charge is 2.42. The van der Waals surface area contributed by atoms with Gasteiger partial charge in [-0.1, -0.05) is 6.07 Å². The summed E-state index contributed by atoms with van der Waals surface area (Å²) in [6.07, 6.45) is -7.61. The molecule has 0 aliphatic carbocycles. The number of piperidine rings is 1. The number of carbonyl (C=O) groups is 1. The third-order valence-electron chi connectivity index (χ3n) is 4.79. The zero-order chi connectivity index (χ0) is 17.7. The summed E-state index contributed by atoms with van der Waals surface area (Å²) >= 11 is 0. The molecule has 0 unspecified atom stereocenters. The molecule has 2 heterocycles. The third-order valence-corrected chi connectivity index (χ3v) is 4.79. The molecule has 24 heavy (non-hydrogen) atoms. The summed E-state index contributed by atoms with van der Waals surface area (Å²) in [5.41, 5.74) is -2.74. The molecule has 0 aromatic heterocycles. The van der Waals surface area contributed by atoms with E-state index in [0.29, 0.717) is 18.9 Å². The standard InChI is InChI=1S/C16H15F6NO/c17-15(18,19)10-2-1-9(14(5-10)16(20,21)22)8-23-11-3-4-12(23)7-13(24)6-11/h1-2,5,11-12H,3-4,6-8H2/t11-,12+. The van der Waals surface area contributed by atoms with Crippen molar-refractivity contribution in [2.45, 2.75) is 56.7 Å². The van der Waals surface area contributed by atoms with E-state index in [2.05, 4.69) is 0 Å². The average molecular weight is 351 g/mol. The highest BCUT2D eigenvalue weighted by atomic mass is 19.4. The van der Waals surface area contributed by atoms with E-state index in [0.717, 1.165) is 18.9 Å². The molecule has 2 fully saturated rings. The lowest BCUT2D eigenvalue weighted by molar-refractivity contribution is -0.144. The molecule has 8 heteroatoms. The van der Waals surface area contributed by atoms with Gasteiger partial charge in [-0.2, -0.15) is 26.3 Å². The topological polar surface area (TPSA) is 20.3 Å². The Bertz CT molecular complexity index is 635. The van der Waals surface area contributed by atoms with Crippen molar-refractivity contribution >= 4 is 5.78 Å². The fraction of sp³-hybridized carbons (Fsp3) is 0.562. The predicted molar refractivity (Wildman–Crippen MR) is 73.0 cm³/mol. The number of rotatable bonds is 2. The van der Waals surface area contributed by atoms with E-state index in [1.165, 1.54) is 0 Å². The smallest absolute Gasteiger partial charge is 0.300 e. The van der Waals surface area contributed by atoms with Crippen molar-refractivity contribution in [3.8, 4) is 0 Å². The van der Waals surface area contributed by atoms with Gasteiger partial charge in [0, 0.05) is 31.5 Å². The number of hydrogen-bond donors (Lipinski definition) is 0. The van der Waals surface area contributed by atoms with E-state index in [9.17, 15) is 31.1 Å². The van der Waals surface area contributed by atoms with Gasteiger partial charge < -0.3 is 0 Å². The fourth-order valence-electron chi connectivity index (χ4n) is 3.67. The maximum Gasteiger partial charge on any atom is 0.416 e. The molecule has 0 spiro atoms. The molecule has 1 aromatic rings. The number of hydrogen-bond acceptors (Lipinski definition) is 2. The molecule has 0 amide bonds. The first-order valence-electron chi connectivity index (χ1n) is 7.60. The lowest BCUT2D eigenvalue weighted by Gasteiger charge is -2.34. The molecule has 3 rings (SSSR count). The van der Waals surface area contributed by atoms with E-state index in [1.54, 1.807) is 0 Å². The first-order valence-corrected chi connectivity index (χ1v) is 7.60. The van der Waals surface area contributed by atoms with Gasteiger partial charge in [0.25, 0.3) is 0 Å². The summed E-state index contributed by atoms with van der Waals surface area (Å²) in [7, 11) is 0. The van der Waals surface area contributed by atoms with E-state index < -0.39 is 23.5 Å². The van der Waals surface area contributed by atoms with Gasteiger partial charge >= 0.3 is 12.4 Å². The van der Waals surface area contributed by atoms with Gasteiger partial charge in [-0.25, -0.2) is 0 Å². The van der Waals surface area contributed by atoms with Crippen molar-refractivity contribution in [1.29, 1.82) is 0 Å². The Hall–Kier alpha value is -1.57. The largest absolute Gasteiger partial charge is 0.416 e. The summed E-state index contributed by atoms with van der Waals surface area (Å²) in [5.74, 6) is 0.0993. The van der Waals surface area contributed by atoms with Crippen molar-refractivity contribution in [2.75, 3.05) is 0 Å². The zero-order valence-electron chi connectivity index (χ0n) is 12.5. The average Bonchev–Trinajstić information content (AvgIpc) is 2.68. The van der Waals surface area contributed by atoms with Crippen LogP contribution in [0.2, 0.25) is 0 Å². The number of ketones is 1. The first-order chi connectivity index (χ1) is 11.1. The zero-order valence-corrected chi connectivity index (χ0v) is 12.5. The number of benzene rings is 1. The Morgan fingerprint density at radius 2 is 1.54 bits per heavy atom. The van der Waals surface area contributed by atoms with E-state index in [-0.39, 0.29) is 36.0 Å². The van der Waals surface area contributed by atoms with Crippen LogP contribution >= 0.6 is 0 Å². The van der Waals surface area contributed by atoms with Crippen LogP contribution in [0, 0.1) is 0 Å². The number of carbonyl (C=O) groups excluding carboxylic acids is 1. The molecule has 2 aliphatic rings. The minimum absolute atomic E-state index is 0.0877. The monoisotopic (exact) mass is 351 g/mol. The van der Waals surface area contributed by atoms with Crippen molar-refractivity contribution in [3.63, 3.8) is 0 Å². The van der Waals surface area contributed by atoms with Crippen molar-refractivity contribution < 1.29 is 31.1 Å². The normalized spacial score (nSPS) is 25.3. The van der Waals surface area contributed by atoms with Crippen molar-refractivity contribution in [3.05, 3.63) is 34.9 Å². The third kappa shape index (κ3) is 3.29. The first kappa shape index (κ1) is 17.3. The van der Waals surface area contributed by atoms with E-state index >= 15 is 0 Å². The Balaban J connectivity index is 1.92. The minimum atomic E-state index is -4.86. The van der Waals surface area contributed by atoms with E-state index in [1.807, 2.05) is 4.90 Å². The van der Waals surface area contributed by atoms with Gasteiger partial charge in [0.15, 0.2) is 0 Å². The summed E-state index contributed by atoms with van der Waals surface area (Å²) in [6, 6.07) is 1.54. The van der Waals surface area contributed by atoms with Crippen LogP contribution in [-0.2, 0) is 23.7 Å². The summed E-state index contributed by atoms with van der Waals surface area (Å²) < 4.78 is 77.7. The van der Waals surface area contributed by atoms with E-state index in [4.69, 9.17) is 0 Å². The molecule has 1 aromatic carbocycles. The van der Waals surface area contributed by atoms with Crippen LogP contribution in [0.1, 0.15) is 42.4 Å². The SMILES string of the molecule is O=C1C[C@H]2CC[C@@H](C1)N2Cc1ccc(C(F)(F)F)cc1C(F)(F)F. The summed E-state index contributed by atoms with van der Waals surface area (Å²) in [4.78, 5) is 13.4.